The molecule has 1 N–H and O–H groups in total. The molecular weight excluding hydrogens is 200 g/mol. The molecule has 0 radical (unpaired) electrons. The summed E-state index contributed by atoms with van der Waals surface area (Å²) in [5.74, 6) is 0.993. The summed E-state index contributed by atoms with van der Waals surface area (Å²) in [7, 11) is 0. The van der Waals surface area contributed by atoms with Gasteiger partial charge in [0.05, 0.1) is 18.8 Å². The molecule has 0 spiro atoms. The summed E-state index contributed by atoms with van der Waals surface area (Å²) in [6, 6.07) is 0. The van der Waals surface area contributed by atoms with E-state index < -0.39 is 0 Å². The van der Waals surface area contributed by atoms with E-state index in [4.69, 9.17) is 5.11 Å². The van der Waals surface area contributed by atoms with Crippen LogP contribution in [-0.2, 0) is 6.54 Å². The van der Waals surface area contributed by atoms with Crippen molar-refractivity contribution < 1.29 is 5.11 Å². The van der Waals surface area contributed by atoms with E-state index in [1.54, 1.807) is 0 Å². The molecule has 0 saturated carbocycles. The van der Waals surface area contributed by atoms with E-state index in [1.807, 2.05) is 4.68 Å². The number of rotatable bonds is 5. The van der Waals surface area contributed by atoms with Crippen LogP contribution in [0, 0.1) is 6.92 Å². The number of hydrogen-bond donors (Lipinski definition) is 1. The third kappa shape index (κ3) is 2.46. The van der Waals surface area contributed by atoms with Gasteiger partial charge in [-0.05, 0) is 30.7 Å². The molecule has 0 fully saturated rings. The van der Waals surface area contributed by atoms with Crippen molar-refractivity contribution in [3.63, 3.8) is 0 Å². The Kier molecular flexibility index (Phi) is 4.54. The molecule has 92 valence electrons. The zero-order chi connectivity index (χ0) is 12.3. The van der Waals surface area contributed by atoms with E-state index in [-0.39, 0.29) is 6.61 Å². The van der Waals surface area contributed by atoms with Crippen LogP contribution in [0.15, 0.2) is 0 Å². The van der Waals surface area contributed by atoms with Crippen LogP contribution in [0.25, 0.3) is 0 Å². The molecule has 0 aromatic carbocycles. The smallest absolute Gasteiger partial charge is 0.0687 e. The van der Waals surface area contributed by atoms with Crippen LogP contribution in [-0.4, -0.2) is 21.5 Å². The summed E-state index contributed by atoms with van der Waals surface area (Å²) in [5.41, 5.74) is 3.79. The molecule has 0 aliphatic heterocycles. The Labute approximate surface area is 98.5 Å². The molecule has 3 nitrogen and oxygen atoms in total. The van der Waals surface area contributed by atoms with Crippen LogP contribution in [0.4, 0.5) is 0 Å². The van der Waals surface area contributed by atoms with Gasteiger partial charge in [-0.2, -0.15) is 5.10 Å². The molecule has 16 heavy (non-hydrogen) atoms. The van der Waals surface area contributed by atoms with Crippen LogP contribution in [0.3, 0.4) is 0 Å². The van der Waals surface area contributed by atoms with Crippen LogP contribution < -0.4 is 0 Å². The van der Waals surface area contributed by atoms with Gasteiger partial charge in [-0.1, -0.05) is 27.7 Å². The van der Waals surface area contributed by atoms with Gasteiger partial charge in [0.15, 0.2) is 0 Å². The minimum atomic E-state index is 0.153. The Morgan fingerprint density at radius 3 is 2.38 bits per heavy atom. The average molecular weight is 224 g/mol. The topological polar surface area (TPSA) is 38.0 Å². The molecule has 1 atom stereocenters. The highest BCUT2D eigenvalue weighted by atomic mass is 16.3. The Morgan fingerprint density at radius 1 is 1.31 bits per heavy atom. The first-order valence-corrected chi connectivity index (χ1v) is 6.20. The fraction of sp³-hybridized carbons (Fsp3) is 0.769. The largest absolute Gasteiger partial charge is 0.394 e. The highest BCUT2D eigenvalue weighted by molar-refractivity contribution is 5.31. The van der Waals surface area contributed by atoms with Crippen molar-refractivity contribution >= 4 is 0 Å². The molecule has 1 aromatic heterocycles. The van der Waals surface area contributed by atoms with Gasteiger partial charge in [0.2, 0.25) is 0 Å². The number of hydrogen-bond acceptors (Lipinski definition) is 2. The van der Waals surface area contributed by atoms with Gasteiger partial charge >= 0.3 is 0 Å². The van der Waals surface area contributed by atoms with Crippen molar-refractivity contribution in [2.75, 3.05) is 6.61 Å². The van der Waals surface area contributed by atoms with Crippen LogP contribution in [0.2, 0.25) is 0 Å². The second-order valence-corrected chi connectivity index (χ2v) is 4.80. The Bertz CT molecular complexity index is 342. The minimum absolute atomic E-state index is 0.153. The van der Waals surface area contributed by atoms with E-state index in [0.29, 0.717) is 18.4 Å². The molecule has 1 heterocycles. The van der Waals surface area contributed by atoms with Crippen LogP contribution >= 0.6 is 0 Å². The van der Waals surface area contributed by atoms with Gasteiger partial charge in [0, 0.05) is 5.69 Å². The first kappa shape index (κ1) is 13.2. The molecule has 0 aliphatic rings. The van der Waals surface area contributed by atoms with E-state index in [0.717, 1.165) is 6.42 Å². The number of aliphatic hydroxyl groups is 1. The van der Waals surface area contributed by atoms with Gasteiger partial charge in [-0.15, -0.1) is 0 Å². The van der Waals surface area contributed by atoms with Gasteiger partial charge < -0.3 is 5.11 Å². The summed E-state index contributed by atoms with van der Waals surface area (Å²) in [5, 5.41) is 13.6. The third-order valence-corrected chi connectivity index (χ3v) is 3.25. The third-order valence-electron chi connectivity index (χ3n) is 3.25. The molecule has 0 bridgehead atoms. The summed E-state index contributed by atoms with van der Waals surface area (Å²) < 4.78 is 1.94. The lowest BCUT2D eigenvalue weighted by Crippen LogP contribution is -2.06. The SMILES string of the molecule is CCC(C)c1c(C(C)C)nn(CCO)c1C. The molecule has 0 aliphatic carbocycles. The van der Waals surface area contributed by atoms with Crippen molar-refractivity contribution in [2.24, 2.45) is 0 Å². The predicted molar refractivity (Wildman–Crippen MR) is 66.8 cm³/mol. The zero-order valence-corrected chi connectivity index (χ0v) is 11.1. The number of nitrogens with zero attached hydrogens (tertiary/aromatic N) is 2. The van der Waals surface area contributed by atoms with E-state index in [9.17, 15) is 0 Å². The normalized spacial score (nSPS) is 13.4. The lowest BCUT2D eigenvalue weighted by molar-refractivity contribution is 0.267. The predicted octanol–water partition coefficient (Wildman–Crippen LogP) is 2.82. The molecule has 1 unspecified atom stereocenters. The van der Waals surface area contributed by atoms with Crippen molar-refractivity contribution in [1.82, 2.24) is 9.78 Å². The molecule has 1 rings (SSSR count). The first-order chi connectivity index (χ1) is 7.52. The first-order valence-electron chi connectivity index (χ1n) is 6.20. The van der Waals surface area contributed by atoms with Crippen LogP contribution in [0.1, 0.15) is 62.9 Å². The molecule has 3 heteroatoms. The molecule has 1 aromatic rings. The Morgan fingerprint density at radius 2 is 1.94 bits per heavy atom. The fourth-order valence-corrected chi connectivity index (χ4v) is 2.14. The fourth-order valence-electron chi connectivity index (χ4n) is 2.14. The van der Waals surface area contributed by atoms with E-state index in [1.165, 1.54) is 17.0 Å². The van der Waals surface area contributed by atoms with Crippen LogP contribution in [0.5, 0.6) is 0 Å². The number of aromatic nitrogens is 2. The van der Waals surface area contributed by atoms with Crippen molar-refractivity contribution in [3.05, 3.63) is 17.0 Å². The summed E-state index contributed by atoms with van der Waals surface area (Å²) >= 11 is 0. The maximum absolute atomic E-state index is 9.02. The number of aliphatic hydroxyl groups excluding tert-OH is 1. The van der Waals surface area contributed by atoms with Gasteiger partial charge in [-0.25, -0.2) is 0 Å². The highest BCUT2D eigenvalue weighted by Gasteiger charge is 2.20. The molecule has 0 amide bonds. The van der Waals surface area contributed by atoms with Gasteiger partial charge in [-0.3, -0.25) is 4.68 Å². The maximum atomic E-state index is 9.02. The second-order valence-electron chi connectivity index (χ2n) is 4.80. The van der Waals surface area contributed by atoms with Gasteiger partial charge in [0.1, 0.15) is 0 Å². The molecule has 0 saturated heterocycles. The Balaban J connectivity index is 3.20. The lowest BCUT2D eigenvalue weighted by atomic mass is 9.92. The van der Waals surface area contributed by atoms with Crippen molar-refractivity contribution in [2.45, 2.75) is 59.4 Å². The minimum Gasteiger partial charge on any atom is -0.394 e. The zero-order valence-electron chi connectivity index (χ0n) is 11.1. The van der Waals surface area contributed by atoms with E-state index >= 15 is 0 Å². The maximum Gasteiger partial charge on any atom is 0.0687 e. The Hall–Kier alpha value is -0.830. The van der Waals surface area contributed by atoms with E-state index in [2.05, 4.69) is 39.7 Å². The second kappa shape index (κ2) is 5.48. The highest BCUT2D eigenvalue weighted by Crippen LogP contribution is 2.30. The molecular formula is C13H24N2O. The van der Waals surface area contributed by atoms with Crippen molar-refractivity contribution in [1.29, 1.82) is 0 Å². The quantitative estimate of drug-likeness (QED) is 0.835. The van der Waals surface area contributed by atoms with Crippen molar-refractivity contribution in [3.8, 4) is 0 Å². The summed E-state index contributed by atoms with van der Waals surface area (Å²) in [4.78, 5) is 0. The standard InChI is InChI=1S/C13H24N2O/c1-6-10(4)12-11(5)15(7-8-16)14-13(12)9(2)3/h9-10,16H,6-8H2,1-5H3. The monoisotopic (exact) mass is 224 g/mol. The summed E-state index contributed by atoms with van der Waals surface area (Å²) in [6.45, 7) is 11.7. The average Bonchev–Trinajstić information content (AvgIpc) is 2.56. The lowest BCUT2D eigenvalue weighted by Gasteiger charge is -2.12. The van der Waals surface area contributed by atoms with Gasteiger partial charge in [0.25, 0.3) is 0 Å². The summed E-state index contributed by atoms with van der Waals surface area (Å²) in [6.07, 6.45) is 1.13.